The minimum Gasteiger partial charge on any atom is -0.392 e. The predicted molar refractivity (Wildman–Crippen MR) is 69.4 cm³/mol. The number of hydrogen-bond donors (Lipinski definition) is 1. The lowest BCUT2D eigenvalue weighted by Gasteiger charge is -2.24. The van der Waals surface area contributed by atoms with Gasteiger partial charge in [-0.15, -0.1) is 0 Å². The van der Waals surface area contributed by atoms with Gasteiger partial charge in [0.05, 0.1) is 16.6 Å². The van der Waals surface area contributed by atoms with E-state index < -0.39 is 23.6 Å². The number of nitrogens with two attached hydrogens (primary N) is 1. The van der Waals surface area contributed by atoms with Crippen LogP contribution in [-0.2, 0) is 0 Å². The summed E-state index contributed by atoms with van der Waals surface area (Å²) in [5.74, 6) is -2.17. The van der Waals surface area contributed by atoms with Gasteiger partial charge in [0.15, 0.2) is 0 Å². The van der Waals surface area contributed by atoms with E-state index in [0.29, 0.717) is 6.07 Å². The number of nitrogens with zero attached hydrogens (tertiary/aromatic N) is 1. The molecule has 98 valence electrons. The predicted octanol–water partition coefficient (Wildman–Crippen LogP) is 2.02. The summed E-state index contributed by atoms with van der Waals surface area (Å²) < 4.78 is 26.7. The van der Waals surface area contributed by atoms with Gasteiger partial charge >= 0.3 is 0 Å². The molecule has 0 aromatic heterocycles. The highest BCUT2D eigenvalue weighted by Crippen LogP contribution is 2.16. The highest BCUT2D eigenvalue weighted by molar-refractivity contribution is 7.80. The highest BCUT2D eigenvalue weighted by Gasteiger charge is 2.22. The molecule has 0 saturated heterocycles. The van der Waals surface area contributed by atoms with Gasteiger partial charge in [-0.2, -0.15) is 0 Å². The van der Waals surface area contributed by atoms with Crippen molar-refractivity contribution in [3.8, 4) is 0 Å². The average molecular weight is 272 g/mol. The zero-order valence-electron chi connectivity index (χ0n) is 10.3. The van der Waals surface area contributed by atoms with E-state index in [1.54, 1.807) is 6.92 Å². The van der Waals surface area contributed by atoms with Crippen molar-refractivity contribution in [2.24, 2.45) is 5.73 Å². The Balaban J connectivity index is 3.11. The average Bonchev–Trinajstić information content (AvgIpc) is 2.30. The van der Waals surface area contributed by atoms with Crippen LogP contribution >= 0.6 is 12.2 Å². The summed E-state index contributed by atoms with van der Waals surface area (Å²) in [6.07, 6.45) is 0. The maximum absolute atomic E-state index is 13.6. The first kappa shape index (κ1) is 14.5. The molecular formula is C12H14F2N2OS. The van der Waals surface area contributed by atoms with Crippen molar-refractivity contribution in [2.45, 2.75) is 19.9 Å². The zero-order chi connectivity index (χ0) is 14.0. The standard InChI is InChI=1S/C12H14F2N2OS/c1-6-4-8(10(14)5-9(6)13)12(17)16(3)7(2)11(15)18/h4-5,7H,1-3H3,(H2,15,18). The first-order valence-corrected chi connectivity index (χ1v) is 5.68. The van der Waals surface area contributed by atoms with Gasteiger partial charge in [0, 0.05) is 13.1 Å². The maximum Gasteiger partial charge on any atom is 0.257 e. The fourth-order valence-corrected chi connectivity index (χ4v) is 1.54. The molecule has 1 amide bonds. The van der Waals surface area contributed by atoms with Crippen molar-refractivity contribution < 1.29 is 13.6 Å². The van der Waals surface area contributed by atoms with Crippen molar-refractivity contribution in [2.75, 3.05) is 7.05 Å². The summed E-state index contributed by atoms with van der Waals surface area (Å²) in [4.78, 5) is 13.4. The topological polar surface area (TPSA) is 46.3 Å². The Hall–Kier alpha value is -1.56. The van der Waals surface area contributed by atoms with E-state index in [1.807, 2.05) is 0 Å². The Morgan fingerprint density at radius 1 is 1.39 bits per heavy atom. The van der Waals surface area contributed by atoms with Gasteiger partial charge in [0.25, 0.3) is 5.91 Å². The number of halogens is 2. The Morgan fingerprint density at radius 2 is 1.94 bits per heavy atom. The number of thiocarbonyl (C=S) groups is 1. The lowest BCUT2D eigenvalue weighted by molar-refractivity contribution is 0.0774. The molecule has 0 saturated carbocycles. The lowest BCUT2D eigenvalue weighted by atomic mass is 10.1. The van der Waals surface area contributed by atoms with Crippen LogP contribution in [0.15, 0.2) is 12.1 Å². The van der Waals surface area contributed by atoms with Crippen LogP contribution in [0.5, 0.6) is 0 Å². The van der Waals surface area contributed by atoms with Crippen molar-refractivity contribution >= 4 is 23.1 Å². The van der Waals surface area contributed by atoms with Crippen molar-refractivity contribution in [1.82, 2.24) is 4.90 Å². The summed E-state index contributed by atoms with van der Waals surface area (Å²) in [6.45, 7) is 3.09. The third-order valence-corrected chi connectivity index (χ3v) is 3.13. The summed E-state index contributed by atoms with van der Waals surface area (Å²) in [5.41, 5.74) is 5.44. The van der Waals surface area contributed by atoms with E-state index in [2.05, 4.69) is 0 Å². The molecule has 1 atom stereocenters. The molecule has 0 fully saturated rings. The van der Waals surface area contributed by atoms with Gasteiger partial charge < -0.3 is 10.6 Å². The summed E-state index contributed by atoms with van der Waals surface area (Å²) >= 11 is 4.77. The number of hydrogen-bond acceptors (Lipinski definition) is 2. The molecule has 1 aromatic carbocycles. The first-order chi connectivity index (χ1) is 8.25. The molecule has 1 rings (SSSR count). The van der Waals surface area contributed by atoms with E-state index in [0.717, 1.165) is 0 Å². The molecule has 0 aliphatic heterocycles. The minimum absolute atomic E-state index is 0.130. The van der Waals surface area contributed by atoms with E-state index >= 15 is 0 Å². The van der Waals surface area contributed by atoms with E-state index in [4.69, 9.17) is 18.0 Å². The first-order valence-electron chi connectivity index (χ1n) is 5.27. The number of amides is 1. The molecule has 0 radical (unpaired) electrons. The normalized spacial score (nSPS) is 12.1. The molecule has 0 bridgehead atoms. The Labute approximate surface area is 110 Å². The van der Waals surface area contributed by atoms with E-state index in [-0.39, 0.29) is 16.1 Å². The van der Waals surface area contributed by atoms with E-state index in [1.165, 1.54) is 24.9 Å². The summed E-state index contributed by atoms with van der Waals surface area (Å²) in [6, 6.07) is 1.37. The zero-order valence-corrected chi connectivity index (χ0v) is 11.1. The smallest absolute Gasteiger partial charge is 0.257 e. The van der Waals surface area contributed by atoms with Crippen molar-refractivity contribution in [3.05, 3.63) is 34.9 Å². The van der Waals surface area contributed by atoms with E-state index in [9.17, 15) is 13.6 Å². The van der Waals surface area contributed by atoms with Crippen molar-refractivity contribution in [1.29, 1.82) is 0 Å². The largest absolute Gasteiger partial charge is 0.392 e. The minimum atomic E-state index is -0.898. The fraction of sp³-hybridized carbons (Fsp3) is 0.333. The molecule has 1 aromatic rings. The molecule has 0 aliphatic carbocycles. The van der Waals surface area contributed by atoms with Crippen LogP contribution < -0.4 is 5.73 Å². The second kappa shape index (κ2) is 5.39. The maximum atomic E-state index is 13.6. The number of benzene rings is 1. The van der Waals surface area contributed by atoms with Gasteiger partial charge in [-0.1, -0.05) is 12.2 Å². The number of rotatable bonds is 3. The number of likely N-dealkylation sites (N-methyl/N-ethyl adjacent to an activating group) is 1. The molecule has 1 unspecified atom stereocenters. The molecule has 0 heterocycles. The second-order valence-electron chi connectivity index (χ2n) is 4.08. The van der Waals surface area contributed by atoms with Crippen LogP contribution in [0.1, 0.15) is 22.8 Å². The molecule has 6 heteroatoms. The molecule has 18 heavy (non-hydrogen) atoms. The molecule has 3 nitrogen and oxygen atoms in total. The van der Waals surface area contributed by atoms with Crippen LogP contribution in [0.4, 0.5) is 8.78 Å². The molecule has 2 N–H and O–H groups in total. The third-order valence-electron chi connectivity index (χ3n) is 2.79. The quantitative estimate of drug-likeness (QED) is 0.856. The van der Waals surface area contributed by atoms with Gasteiger partial charge in [0.1, 0.15) is 11.6 Å². The van der Waals surface area contributed by atoms with Gasteiger partial charge in [-0.25, -0.2) is 8.78 Å². The van der Waals surface area contributed by atoms with Crippen molar-refractivity contribution in [3.63, 3.8) is 0 Å². The Kier molecular flexibility index (Phi) is 4.34. The highest BCUT2D eigenvalue weighted by atomic mass is 32.1. The second-order valence-corrected chi connectivity index (χ2v) is 4.55. The van der Waals surface area contributed by atoms with Gasteiger partial charge in [0.2, 0.25) is 0 Å². The molecule has 0 aliphatic rings. The summed E-state index contributed by atoms with van der Waals surface area (Å²) in [5, 5.41) is 0. The van der Waals surface area contributed by atoms with Crippen LogP contribution in [0.3, 0.4) is 0 Å². The monoisotopic (exact) mass is 272 g/mol. The van der Waals surface area contributed by atoms with Crippen LogP contribution in [0, 0.1) is 18.6 Å². The van der Waals surface area contributed by atoms with Gasteiger partial charge in [-0.05, 0) is 25.5 Å². The lowest BCUT2D eigenvalue weighted by Crippen LogP contribution is -2.43. The fourth-order valence-electron chi connectivity index (χ4n) is 1.38. The molecular weight excluding hydrogens is 258 g/mol. The summed E-state index contributed by atoms with van der Waals surface area (Å²) in [7, 11) is 1.46. The van der Waals surface area contributed by atoms with Crippen LogP contribution in [0.25, 0.3) is 0 Å². The Bertz CT molecular complexity index is 505. The number of aryl methyl sites for hydroxylation is 1. The number of carbonyl (C=O) groups excluding carboxylic acids is 1. The molecule has 0 spiro atoms. The third kappa shape index (κ3) is 2.81. The van der Waals surface area contributed by atoms with Crippen LogP contribution in [0.2, 0.25) is 0 Å². The van der Waals surface area contributed by atoms with Gasteiger partial charge in [-0.3, -0.25) is 4.79 Å². The SMILES string of the molecule is Cc1cc(C(=O)N(C)C(C)C(N)=S)c(F)cc1F. The Morgan fingerprint density at radius 3 is 2.44 bits per heavy atom. The number of carbonyl (C=O) groups is 1. The van der Waals surface area contributed by atoms with Crippen LogP contribution in [-0.4, -0.2) is 28.9 Å².